The molecule has 3 fully saturated rings. The van der Waals surface area contributed by atoms with Crippen LogP contribution in [-0.2, 0) is 24.6 Å². The summed E-state index contributed by atoms with van der Waals surface area (Å²) in [5, 5.41) is 34.4. The summed E-state index contributed by atoms with van der Waals surface area (Å²) in [5.74, 6) is -10.5. The minimum Gasteiger partial charge on any atom is -0.507 e. The van der Waals surface area contributed by atoms with Gasteiger partial charge in [0.1, 0.15) is 17.5 Å². The lowest BCUT2D eigenvalue weighted by molar-refractivity contribution is -0.189. The summed E-state index contributed by atoms with van der Waals surface area (Å²) in [6.07, 6.45) is 7.27. The zero-order valence-corrected chi connectivity index (χ0v) is 24.4. The van der Waals surface area contributed by atoms with Gasteiger partial charge < -0.3 is 15.3 Å². The smallest absolute Gasteiger partial charge is 0.190 e. The summed E-state index contributed by atoms with van der Waals surface area (Å²) in [6.45, 7) is 6.83. The molecule has 222 valence electrons. The Kier molecular flexibility index (Phi) is 7.65. The normalized spacial score (nSPS) is 34.2. The molecule has 7 unspecified atom stereocenters. The third-order valence-corrected chi connectivity index (χ3v) is 10.8. The van der Waals surface area contributed by atoms with Gasteiger partial charge in [-0.05, 0) is 36.2 Å². The number of aromatic hydroxyl groups is 1. The molecule has 0 aliphatic heterocycles. The van der Waals surface area contributed by atoms with Crippen LogP contribution in [0.2, 0.25) is 0 Å². The van der Waals surface area contributed by atoms with E-state index in [-0.39, 0.29) is 11.3 Å². The highest BCUT2D eigenvalue weighted by Gasteiger charge is 2.69. The first-order chi connectivity index (χ1) is 19.2. The fourth-order valence-electron chi connectivity index (χ4n) is 8.47. The topological polar surface area (TPSA) is 146 Å². The van der Waals surface area contributed by atoms with Gasteiger partial charge in [0.15, 0.2) is 28.7 Å². The van der Waals surface area contributed by atoms with Crippen molar-refractivity contribution < 1.29 is 39.3 Å². The second-order valence-electron chi connectivity index (χ2n) is 13.7. The Morgan fingerprint density at radius 2 is 1.71 bits per heavy atom. The number of carbonyl (C=O) groups is 5. The first-order valence-electron chi connectivity index (χ1n) is 15.2. The number of Topliss-reactive ketones (excluding diaryl/α,β-unsaturated/α-hetero) is 5. The first-order valence-corrected chi connectivity index (χ1v) is 15.2. The van der Waals surface area contributed by atoms with Gasteiger partial charge in [0, 0.05) is 23.8 Å². The quantitative estimate of drug-likeness (QED) is 0.438. The number of phenolic OH excluding ortho intramolecular Hbond substituents is 1. The van der Waals surface area contributed by atoms with Crippen molar-refractivity contribution in [1.82, 2.24) is 0 Å². The van der Waals surface area contributed by atoms with Crippen LogP contribution in [0.15, 0.2) is 12.1 Å². The van der Waals surface area contributed by atoms with Crippen LogP contribution in [0.3, 0.4) is 0 Å². The van der Waals surface area contributed by atoms with Crippen molar-refractivity contribution >= 4 is 28.9 Å². The largest absolute Gasteiger partial charge is 0.507 e. The number of carbonyl (C=O) groups excluding carboxylic acids is 5. The predicted molar refractivity (Wildman–Crippen MR) is 150 cm³/mol. The molecule has 7 atom stereocenters. The standard InChI is InChI=1S/C33H42O8/c1-16-19-12-13-20(32(3,4)14-8-11-18-9-6-5-7-10-18)27(36)25(19)29(38)26-23(16)28(37)21-15-22(35)24(17(2)34)30(39)33(21,41)31(26)40/h12-13,16,18,21,23-24,26,28,36-37,41H,5-11,14-15H2,1-4H3. The van der Waals surface area contributed by atoms with Crippen LogP contribution in [0.25, 0.3) is 0 Å². The molecule has 0 heterocycles. The molecule has 41 heavy (non-hydrogen) atoms. The van der Waals surface area contributed by atoms with Crippen molar-refractivity contribution in [2.45, 2.75) is 109 Å². The van der Waals surface area contributed by atoms with Crippen molar-refractivity contribution in [2.75, 3.05) is 0 Å². The molecule has 1 aromatic carbocycles. The second kappa shape index (κ2) is 10.5. The molecule has 0 aromatic heterocycles. The molecule has 0 bridgehead atoms. The number of aliphatic hydroxyl groups is 2. The number of aliphatic hydroxyl groups excluding tert-OH is 1. The molecular formula is C33H42O8. The number of hydrogen-bond acceptors (Lipinski definition) is 8. The van der Waals surface area contributed by atoms with E-state index in [1.165, 1.54) is 32.1 Å². The van der Waals surface area contributed by atoms with Gasteiger partial charge in [-0.3, -0.25) is 24.0 Å². The Hall–Kier alpha value is -2.71. The van der Waals surface area contributed by atoms with Gasteiger partial charge in [-0.1, -0.05) is 77.8 Å². The summed E-state index contributed by atoms with van der Waals surface area (Å²) >= 11 is 0. The maximum absolute atomic E-state index is 14.0. The molecule has 3 saturated carbocycles. The molecule has 4 aliphatic rings. The van der Waals surface area contributed by atoms with Gasteiger partial charge in [-0.2, -0.15) is 0 Å². The molecule has 5 rings (SSSR count). The minimum absolute atomic E-state index is 0.0124. The van der Waals surface area contributed by atoms with E-state index < -0.39 is 82.0 Å². The number of hydrogen-bond donors (Lipinski definition) is 3. The lowest BCUT2D eigenvalue weighted by atomic mass is 9.50. The Balaban J connectivity index is 1.49. The molecule has 8 nitrogen and oxygen atoms in total. The fourth-order valence-corrected chi connectivity index (χ4v) is 8.47. The van der Waals surface area contributed by atoms with Crippen LogP contribution < -0.4 is 0 Å². The fraction of sp³-hybridized carbons (Fsp3) is 0.667. The van der Waals surface area contributed by atoms with Crippen molar-refractivity contribution in [3.63, 3.8) is 0 Å². The van der Waals surface area contributed by atoms with Crippen molar-refractivity contribution in [2.24, 2.45) is 29.6 Å². The highest BCUT2D eigenvalue weighted by molar-refractivity contribution is 6.31. The van der Waals surface area contributed by atoms with Gasteiger partial charge in [-0.15, -0.1) is 0 Å². The Labute approximate surface area is 240 Å². The molecule has 0 amide bonds. The summed E-state index contributed by atoms with van der Waals surface area (Å²) < 4.78 is 0. The molecule has 4 aliphatic carbocycles. The van der Waals surface area contributed by atoms with Crippen LogP contribution in [0.1, 0.15) is 113 Å². The van der Waals surface area contributed by atoms with Gasteiger partial charge in [0.25, 0.3) is 0 Å². The number of ketones is 5. The molecule has 0 radical (unpaired) electrons. The zero-order chi connectivity index (χ0) is 30.0. The van der Waals surface area contributed by atoms with E-state index in [2.05, 4.69) is 0 Å². The molecular weight excluding hydrogens is 524 g/mol. The lowest BCUT2D eigenvalue weighted by Gasteiger charge is -2.53. The predicted octanol–water partition coefficient (Wildman–Crippen LogP) is 3.99. The van der Waals surface area contributed by atoms with E-state index in [1.807, 2.05) is 19.9 Å². The molecule has 1 aromatic rings. The van der Waals surface area contributed by atoms with Gasteiger partial charge in [0.05, 0.1) is 17.6 Å². The van der Waals surface area contributed by atoms with E-state index >= 15 is 0 Å². The van der Waals surface area contributed by atoms with Gasteiger partial charge in [-0.25, -0.2) is 0 Å². The van der Waals surface area contributed by atoms with E-state index in [0.29, 0.717) is 11.1 Å². The summed E-state index contributed by atoms with van der Waals surface area (Å²) in [5.41, 5.74) is -2.22. The van der Waals surface area contributed by atoms with Gasteiger partial charge >= 0.3 is 0 Å². The van der Waals surface area contributed by atoms with Crippen LogP contribution in [0, 0.1) is 29.6 Å². The third-order valence-electron chi connectivity index (χ3n) is 10.8. The summed E-state index contributed by atoms with van der Waals surface area (Å²) in [7, 11) is 0. The number of benzene rings is 1. The Bertz CT molecular complexity index is 1300. The number of rotatable bonds is 6. The van der Waals surface area contributed by atoms with E-state index in [4.69, 9.17) is 0 Å². The maximum Gasteiger partial charge on any atom is 0.190 e. The minimum atomic E-state index is -2.83. The number of phenols is 1. The first kappa shape index (κ1) is 29.8. The monoisotopic (exact) mass is 566 g/mol. The highest BCUT2D eigenvalue weighted by atomic mass is 16.3. The number of fused-ring (bicyclic) bond motifs is 3. The average Bonchev–Trinajstić information content (AvgIpc) is 2.91. The van der Waals surface area contributed by atoms with Crippen molar-refractivity contribution in [3.05, 3.63) is 28.8 Å². The van der Waals surface area contributed by atoms with E-state index in [0.717, 1.165) is 32.1 Å². The Morgan fingerprint density at radius 1 is 1.05 bits per heavy atom. The van der Waals surface area contributed by atoms with E-state index in [9.17, 15) is 39.3 Å². The molecule has 0 saturated heterocycles. The lowest BCUT2D eigenvalue weighted by Crippen LogP contribution is -2.72. The third kappa shape index (κ3) is 4.53. The van der Waals surface area contributed by atoms with Crippen molar-refractivity contribution in [3.8, 4) is 5.75 Å². The van der Waals surface area contributed by atoms with Crippen LogP contribution in [0.5, 0.6) is 5.75 Å². The SMILES string of the molecule is CC(=O)C1C(=O)CC2C(O)C3C(C(=O)c4c(ccc(C(C)(C)CCCC5CCCCC5)c4O)C3C)C(=O)C2(O)C1=O. The maximum atomic E-state index is 14.0. The summed E-state index contributed by atoms with van der Waals surface area (Å²) in [6, 6.07) is 3.59. The van der Waals surface area contributed by atoms with Crippen LogP contribution in [0.4, 0.5) is 0 Å². The van der Waals surface area contributed by atoms with Crippen LogP contribution >= 0.6 is 0 Å². The van der Waals surface area contributed by atoms with E-state index in [1.54, 1.807) is 13.0 Å². The van der Waals surface area contributed by atoms with Crippen molar-refractivity contribution in [1.29, 1.82) is 0 Å². The second-order valence-corrected chi connectivity index (χ2v) is 13.7. The molecule has 3 N–H and O–H groups in total. The average molecular weight is 567 g/mol. The zero-order valence-electron chi connectivity index (χ0n) is 24.4. The van der Waals surface area contributed by atoms with Gasteiger partial charge in [0.2, 0.25) is 0 Å². The Morgan fingerprint density at radius 3 is 2.34 bits per heavy atom. The van der Waals surface area contributed by atoms with Crippen LogP contribution in [-0.4, -0.2) is 55.9 Å². The molecule has 0 spiro atoms. The highest BCUT2D eigenvalue weighted by Crippen LogP contribution is 2.55. The summed E-state index contributed by atoms with van der Waals surface area (Å²) in [4.78, 5) is 66.0. The molecule has 8 heteroatoms.